The van der Waals surface area contributed by atoms with Gasteiger partial charge in [-0.3, -0.25) is 4.79 Å². The third-order valence-electron chi connectivity index (χ3n) is 7.39. The van der Waals surface area contributed by atoms with E-state index in [4.69, 9.17) is 21.1 Å². The first kappa shape index (κ1) is 36.6. The standard InChI is InChI=1S/C37H40ClFN2O6S/c1-37(2,3)47-36(43)40-32(22-26-9-6-5-7-10-26)33(42)19-15-27-11-8-12-29(21-27)25-41(24-28-13-17-31(39)18-14-28)48(44,45)35-23-30(38)16-20-34(35)46-4/h5-14,16-18,20-21,23,32H,15,19,22,24-25H2,1-4H3,(H,40,43)/t32-/m1/s1. The second-order valence-corrected chi connectivity index (χ2v) is 14.7. The van der Waals surface area contributed by atoms with Crippen molar-refractivity contribution in [3.05, 3.63) is 130 Å². The van der Waals surface area contributed by atoms with Crippen LogP contribution < -0.4 is 10.1 Å². The van der Waals surface area contributed by atoms with E-state index >= 15 is 0 Å². The van der Waals surface area contributed by atoms with Crippen molar-refractivity contribution in [3.8, 4) is 5.75 Å². The van der Waals surface area contributed by atoms with E-state index in [2.05, 4.69) is 5.32 Å². The van der Waals surface area contributed by atoms with Crippen LogP contribution in [0.2, 0.25) is 5.02 Å². The topological polar surface area (TPSA) is 102 Å². The van der Waals surface area contributed by atoms with E-state index in [1.54, 1.807) is 39.0 Å². The van der Waals surface area contributed by atoms with Crippen LogP contribution in [0.3, 0.4) is 0 Å². The van der Waals surface area contributed by atoms with Crippen molar-refractivity contribution in [1.82, 2.24) is 9.62 Å². The van der Waals surface area contributed by atoms with Gasteiger partial charge in [0.15, 0.2) is 5.78 Å². The number of ether oxygens (including phenoxy) is 2. The highest BCUT2D eigenvalue weighted by atomic mass is 35.5. The minimum atomic E-state index is -4.15. The molecule has 1 atom stereocenters. The summed E-state index contributed by atoms with van der Waals surface area (Å²) in [5.74, 6) is -0.455. The average Bonchev–Trinajstić information content (AvgIpc) is 3.04. The number of sulfonamides is 1. The van der Waals surface area contributed by atoms with E-state index in [0.29, 0.717) is 24.0 Å². The molecule has 0 aliphatic carbocycles. The first-order chi connectivity index (χ1) is 22.7. The van der Waals surface area contributed by atoms with Crippen molar-refractivity contribution in [2.45, 2.75) is 69.7 Å². The predicted octanol–water partition coefficient (Wildman–Crippen LogP) is 7.52. The van der Waals surface area contributed by atoms with Gasteiger partial charge in [-0.25, -0.2) is 17.6 Å². The summed E-state index contributed by atoms with van der Waals surface area (Å²) in [6.07, 6.45) is 0.134. The molecule has 0 fully saturated rings. The maximum Gasteiger partial charge on any atom is 0.408 e. The Balaban J connectivity index is 1.55. The number of nitrogens with zero attached hydrogens (tertiary/aromatic N) is 1. The smallest absolute Gasteiger partial charge is 0.408 e. The summed E-state index contributed by atoms with van der Waals surface area (Å²) in [7, 11) is -2.77. The number of aryl methyl sites for hydroxylation is 1. The van der Waals surface area contributed by atoms with Gasteiger partial charge in [0.25, 0.3) is 0 Å². The van der Waals surface area contributed by atoms with Crippen LogP contribution in [0.15, 0.2) is 102 Å². The number of benzene rings is 4. The van der Waals surface area contributed by atoms with Crippen molar-refractivity contribution in [3.63, 3.8) is 0 Å². The zero-order valence-electron chi connectivity index (χ0n) is 27.4. The molecule has 1 N–H and O–H groups in total. The monoisotopic (exact) mass is 694 g/mol. The summed E-state index contributed by atoms with van der Waals surface area (Å²) in [6, 6.07) is 25.9. The molecule has 4 aromatic rings. The van der Waals surface area contributed by atoms with E-state index in [-0.39, 0.29) is 41.0 Å². The number of rotatable bonds is 14. The summed E-state index contributed by atoms with van der Waals surface area (Å²) < 4.78 is 53.8. The molecule has 4 aromatic carbocycles. The highest BCUT2D eigenvalue weighted by molar-refractivity contribution is 7.89. The zero-order valence-corrected chi connectivity index (χ0v) is 29.0. The largest absolute Gasteiger partial charge is 0.495 e. The molecule has 48 heavy (non-hydrogen) atoms. The van der Waals surface area contributed by atoms with Crippen molar-refractivity contribution in [1.29, 1.82) is 0 Å². The van der Waals surface area contributed by atoms with Gasteiger partial charge in [-0.2, -0.15) is 4.31 Å². The second kappa shape index (κ2) is 16.2. The van der Waals surface area contributed by atoms with Crippen molar-refractivity contribution in [2.75, 3.05) is 7.11 Å². The molecule has 0 saturated heterocycles. The van der Waals surface area contributed by atoms with Crippen LogP contribution in [0.5, 0.6) is 5.75 Å². The number of nitrogens with one attached hydrogen (secondary N) is 1. The number of carbonyl (C=O) groups excluding carboxylic acids is 2. The molecule has 0 aliphatic rings. The van der Waals surface area contributed by atoms with Crippen LogP contribution in [0.1, 0.15) is 49.4 Å². The average molecular weight is 695 g/mol. The molecule has 1 amide bonds. The first-order valence-corrected chi connectivity index (χ1v) is 17.3. The zero-order chi connectivity index (χ0) is 34.9. The van der Waals surface area contributed by atoms with Crippen LogP contribution in [-0.4, -0.2) is 43.4 Å². The van der Waals surface area contributed by atoms with E-state index in [1.807, 2.05) is 42.5 Å². The molecule has 11 heteroatoms. The van der Waals surface area contributed by atoms with Gasteiger partial charge < -0.3 is 14.8 Å². The molecule has 254 valence electrons. The number of amides is 1. The Kier molecular flexibility index (Phi) is 12.4. The SMILES string of the molecule is COc1ccc(Cl)cc1S(=O)(=O)N(Cc1ccc(F)cc1)Cc1cccc(CCC(=O)[C@@H](Cc2ccccc2)NC(=O)OC(C)(C)C)c1. The minimum absolute atomic E-state index is 0.0198. The summed E-state index contributed by atoms with van der Waals surface area (Å²) in [5, 5.41) is 2.97. The Hall–Kier alpha value is -4.25. The molecule has 4 rings (SSSR count). The molecule has 0 aromatic heterocycles. The Labute approximate surface area is 286 Å². The third kappa shape index (κ3) is 10.6. The number of carbonyl (C=O) groups is 2. The molecular weight excluding hydrogens is 655 g/mol. The summed E-state index contributed by atoms with van der Waals surface area (Å²) >= 11 is 6.19. The molecule has 0 bridgehead atoms. The van der Waals surface area contributed by atoms with Crippen LogP contribution in [-0.2, 0) is 45.5 Å². The fourth-order valence-corrected chi connectivity index (χ4v) is 6.92. The second-order valence-electron chi connectivity index (χ2n) is 12.4. The van der Waals surface area contributed by atoms with Crippen LogP contribution in [0.25, 0.3) is 0 Å². The lowest BCUT2D eigenvalue weighted by Crippen LogP contribution is -2.44. The lowest BCUT2D eigenvalue weighted by Gasteiger charge is -2.24. The van der Waals surface area contributed by atoms with Gasteiger partial charge >= 0.3 is 6.09 Å². The van der Waals surface area contributed by atoms with Crippen LogP contribution in [0, 0.1) is 5.82 Å². The van der Waals surface area contributed by atoms with Crippen LogP contribution in [0.4, 0.5) is 9.18 Å². The summed E-state index contributed by atoms with van der Waals surface area (Å²) in [5.41, 5.74) is 2.26. The van der Waals surface area contributed by atoms with E-state index in [9.17, 15) is 22.4 Å². The van der Waals surface area contributed by atoms with Gasteiger partial charge in [0.1, 0.15) is 22.1 Å². The number of Topliss-reactive ketones (excluding diaryl/α,β-unsaturated/α-hetero) is 1. The molecule has 0 aliphatic heterocycles. The molecular formula is C37H40ClFN2O6S. The van der Waals surface area contributed by atoms with Crippen molar-refractivity contribution < 1.29 is 31.9 Å². The van der Waals surface area contributed by atoms with Gasteiger partial charge in [0, 0.05) is 24.5 Å². The summed E-state index contributed by atoms with van der Waals surface area (Å²) in [4.78, 5) is 26.0. The first-order valence-electron chi connectivity index (χ1n) is 15.5. The highest BCUT2D eigenvalue weighted by Gasteiger charge is 2.29. The maximum atomic E-state index is 14.1. The summed E-state index contributed by atoms with van der Waals surface area (Å²) in [6.45, 7) is 5.20. The predicted molar refractivity (Wildman–Crippen MR) is 184 cm³/mol. The minimum Gasteiger partial charge on any atom is -0.495 e. The molecule has 0 spiro atoms. The third-order valence-corrected chi connectivity index (χ3v) is 9.44. The van der Waals surface area contributed by atoms with Gasteiger partial charge in [-0.05, 0) is 86.2 Å². The molecule has 8 nitrogen and oxygen atoms in total. The maximum absolute atomic E-state index is 14.1. The Morgan fingerprint density at radius 2 is 1.50 bits per heavy atom. The van der Waals surface area contributed by atoms with Gasteiger partial charge in [0.2, 0.25) is 10.0 Å². The highest BCUT2D eigenvalue weighted by Crippen LogP contribution is 2.31. The quantitative estimate of drug-likeness (QED) is 0.147. The number of methoxy groups -OCH3 is 1. The van der Waals surface area contributed by atoms with Gasteiger partial charge in [-0.1, -0.05) is 78.3 Å². The van der Waals surface area contributed by atoms with Crippen molar-refractivity contribution >= 4 is 33.5 Å². The Morgan fingerprint density at radius 3 is 2.17 bits per heavy atom. The Bertz CT molecular complexity index is 1810. The Morgan fingerprint density at radius 1 is 0.854 bits per heavy atom. The molecule has 0 heterocycles. The van der Waals surface area contributed by atoms with Crippen LogP contribution >= 0.6 is 11.6 Å². The normalized spacial score (nSPS) is 12.4. The van der Waals surface area contributed by atoms with E-state index in [0.717, 1.165) is 11.1 Å². The number of alkyl carbamates (subject to hydrolysis) is 1. The molecule has 0 saturated carbocycles. The fourth-order valence-electron chi connectivity index (χ4n) is 5.08. The van der Waals surface area contributed by atoms with E-state index < -0.39 is 33.6 Å². The number of hydrogen-bond acceptors (Lipinski definition) is 6. The van der Waals surface area contributed by atoms with E-state index in [1.165, 1.54) is 47.8 Å². The molecule has 0 radical (unpaired) electrons. The molecule has 0 unspecified atom stereocenters. The number of hydrogen-bond donors (Lipinski definition) is 1. The van der Waals surface area contributed by atoms with Crippen molar-refractivity contribution in [2.24, 2.45) is 0 Å². The van der Waals surface area contributed by atoms with Gasteiger partial charge in [-0.15, -0.1) is 0 Å². The lowest BCUT2D eigenvalue weighted by atomic mass is 9.97. The fraction of sp³-hybridized carbons (Fsp3) is 0.297. The van der Waals surface area contributed by atoms with Gasteiger partial charge in [0.05, 0.1) is 13.2 Å². The number of halogens is 2. The lowest BCUT2D eigenvalue weighted by molar-refractivity contribution is -0.121. The number of ketones is 1.